The van der Waals surface area contributed by atoms with Crippen LogP contribution in [0.3, 0.4) is 0 Å². The number of fused-ring (bicyclic) bond motifs is 1. The largest absolute Gasteiger partial charge is 0.366 e. The number of anilines is 2. The normalized spacial score (nSPS) is 19.1. The molecule has 1 aromatic rings. The van der Waals surface area contributed by atoms with Crippen LogP contribution >= 0.6 is 0 Å². The highest BCUT2D eigenvalue weighted by Crippen LogP contribution is 2.37. The summed E-state index contributed by atoms with van der Waals surface area (Å²) in [5, 5.41) is 6.71. The molecule has 3 rings (SSSR count). The summed E-state index contributed by atoms with van der Waals surface area (Å²) in [6, 6.07) is 6.54. The molecule has 1 aromatic carbocycles. The SMILES string of the molecule is c1cc(CC2CC2)c2c(c1)NCN2. The van der Waals surface area contributed by atoms with Crippen molar-refractivity contribution >= 4 is 11.4 Å². The van der Waals surface area contributed by atoms with Gasteiger partial charge in [-0.3, -0.25) is 0 Å². The first-order valence-corrected chi connectivity index (χ1v) is 5.03. The molecule has 2 N–H and O–H groups in total. The molecule has 1 fully saturated rings. The molecule has 0 bridgehead atoms. The minimum absolute atomic E-state index is 0.886. The topological polar surface area (TPSA) is 24.1 Å². The number of rotatable bonds is 2. The number of hydrogen-bond donors (Lipinski definition) is 2. The zero-order valence-corrected chi connectivity index (χ0v) is 7.64. The fourth-order valence-corrected chi connectivity index (χ4v) is 1.99. The Bertz CT molecular complexity index is 329. The van der Waals surface area contributed by atoms with Crippen molar-refractivity contribution in [2.24, 2.45) is 5.92 Å². The van der Waals surface area contributed by atoms with Gasteiger partial charge in [0.1, 0.15) is 0 Å². The van der Waals surface area contributed by atoms with Crippen molar-refractivity contribution in [1.82, 2.24) is 0 Å². The molecule has 0 amide bonds. The van der Waals surface area contributed by atoms with Crippen LogP contribution in [0.25, 0.3) is 0 Å². The fourth-order valence-electron chi connectivity index (χ4n) is 1.99. The summed E-state index contributed by atoms with van der Waals surface area (Å²) in [6.45, 7) is 0.886. The Morgan fingerprint density at radius 1 is 1.23 bits per heavy atom. The second-order valence-corrected chi connectivity index (χ2v) is 4.02. The predicted octanol–water partition coefficient (Wildman–Crippen LogP) is 2.43. The molecule has 0 atom stereocenters. The van der Waals surface area contributed by atoms with Crippen LogP contribution in [0.15, 0.2) is 18.2 Å². The minimum atomic E-state index is 0.886. The average Bonchev–Trinajstić information content (AvgIpc) is 2.83. The van der Waals surface area contributed by atoms with Crippen LogP contribution in [0.4, 0.5) is 11.4 Å². The van der Waals surface area contributed by atoms with Crippen LogP contribution in [-0.2, 0) is 6.42 Å². The summed E-state index contributed by atoms with van der Waals surface area (Å²) in [5.74, 6) is 0.967. The smallest absolute Gasteiger partial charge is 0.0850 e. The average molecular weight is 174 g/mol. The highest BCUT2D eigenvalue weighted by molar-refractivity contribution is 5.76. The van der Waals surface area contributed by atoms with Crippen LogP contribution in [0.5, 0.6) is 0 Å². The maximum Gasteiger partial charge on any atom is 0.0850 e. The summed E-state index contributed by atoms with van der Waals surface area (Å²) < 4.78 is 0. The maximum atomic E-state index is 3.39. The van der Waals surface area contributed by atoms with Crippen LogP contribution in [0.1, 0.15) is 18.4 Å². The predicted molar refractivity (Wildman–Crippen MR) is 55.0 cm³/mol. The first-order chi connectivity index (χ1) is 6.43. The summed E-state index contributed by atoms with van der Waals surface area (Å²) in [6.07, 6.45) is 4.12. The molecule has 1 aliphatic carbocycles. The van der Waals surface area contributed by atoms with Gasteiger partial charge in [-0.2, -0.15) is 0 Å². The first kappa shape index (κ1) is 7.25. The van der Waals surface area contributed by atoms with Gasteiger partial charge in [0.05, 0.1) is 18.0 Å². The molecule has 0 unspecified atom stereocenters. The van der Waals surface area contributed by atoms with Gasteiger partial charge in [-0.25, -0.2) is 0 Å². The van der Waals surface area contributed by atoms with E-state index in [1.54, 1.807) is 0 Å². The third-order valence-corrected chi connectivity index (χ3v) is 2.90. The standard InChI is InChI=1S/C11H14N2/c1-2-9(6-8-4-5-8)11-10(3-1)12-7-13-11/h1-3,8,12-13H,4-7H2. The lowest BCUT2D eigenvalue weighted by Crippen LogP contribution is -2.00. The van der Waals surface area contributed by atoms with E-state index in [4.69, 9.17) is 0 Å². The van der Waals surface area contributed by atoms with E-state index < -0.39 is 0 Å². The first-order valence-electron chi connectivity index (χ1n) is 5.03. The van der Waals surface area contributed by atoms with Gasteiger partial charge in [0.25, 0.3) is 0 Å². The lowest BCUT2D eigenvalue weighted by molar-refractivity contribution is 0.834. The summed E-state index contributed by atoms with van der Waals surface area (Å²) >= 11 is 0. The van der Waals surface area contributed by atoms with Gasteiger partial charge in [-0.15, -0.1) is 0 Å². The molecule has 0 aromatic heterocycles. The summed E-state index contributed by atoms with van der Waals surface area (Å²) in [7, 11) is 0. The van der Waals surface area contributed by atoms with E-state index >= 15 is 0 Å². The van der Waals surface area contributed by atoms with Gasteiger partial charge in [0.15, 0.2) is 0 Å². The third kappa shape index (κ3) is 1.26. The Hall–Kier alpha value is -1.18. The lowest BCUT2D eigenvalue weighted by Gasteiger charge is -2.06. The molecule has 1 saturated carbocycles. The number of nitrogens with one attached hydrogen (secondary N) is 2. The second-order valence-electron chi connectivity index (χ2n) is 4.02. The number of hydrogen-bond acceptors (Lipinski definition) is 2. The molecule has 2 aliphatic rings. The molecular formula is C11H14N2. The quantitative estimate of drug-likeness (QED) is 0.719. The van der Waals surface area contributed by atoms with E-state index in [1.807, 2.05) is 0 Å². The van der Waals surface area contributed by atoms with Gasteiger partial charge in [0, 0.05) is 0 Å². The Morgan fingerprint density at radius 3 is 3.00 bits per heavy atom. The van der Waals surface area contributed by atoms with Crippen LogP contribution in [0, 0.1) is 5.92 Å². The lowest BCUT2D eigenvalue weighted by atomic mass is 10.1. The molecule has 1 heterocycles. The molecule has 0 radical (unpaired) electrons. The van der Waals surface area contributed by atoms with Gasteiger partial charge in [0.2, 0.25) is 0 Å². The Balaban J connectivity index is 1.94. The van der Waals surface area contributed by atoms with Crippen molar-refractivity contribution in [3.8, 4) is 0 Å². The zero-order chi connectivity index (χ0) is 8.67. The van der Waals surface area contributed by atoms with E-state index in [9.17, 15) is 0 Å². The van der Waals surface area contributed by atoms with E-state index in [1.165, 1.54) is 36.2 Å². The summed E-state index contributed by atoms with van der Waals surface area (Å²) in [5.41, 5.74) is 4.11. The van der Waals surface area contributed by atoms with Gasteiger partial charge >= 0.3 is 0 Å². The van der Waals surface area contributed by atoms with Gasteiger partial charge in [-0.1, -0.05) is 12.1 Å². The number of benzene rings is 1. The Kier molecular flexibility index (Phi) is 1.48. The van der Waals surface area contributed by atoms with Crippen LogP contribution < -0.4 is 10.6 Å². The van der Waals surface area contributed by atoms with Crippen molar-refractivity contribution in [1.29, 1.82) is 0 Å². The number of para-hydroxylation sites is 1. The van der Waals surface area contributed by atoms with Crippen LogP contribution in [0.2, 0.25) is 0 Å². The van der Waals surface area contributed by atoms with E-state index in [2.05, 4.69) is 28.8 Å². The molecule has 2 heteroatoms. The maximum absolute atomic E-state index is 3.39. The molecule has 13 heavy (non-hydrogen) atoms. The zero-order valence-electron chi connectivity index (χ0n) is 7.64. The van der Waals surface area contributed by atoms with Crippen LogP contribution in [-0.4, -0.2) is 6.67 Å². The monoisotopic (exact) mass is 174 g/mol. The molecule has 68 valence electrons. The third-order valence-electron chi connectivity index (χ3n) is 2.90. The summed E-state index contributed by atoms with van der Waals surface area (Å²) in [4.78, 5) is 0. The van der Waals surface area contributed by atoms with Crippen molar-refractivity contribution in [2.75, 3.05) is 17.3 Å². The van der Waals surface area contributed by atoms with Gasteiger partial charge < -0.3 is 10.6 Å². The van der Waals surface area contributed by atoms with Crippen molar-refractivity contribution < 1.29 is 0 Å². The molecule has 1 aliphatic heterocycles. The van der Waals surface area contributed by atoms with Crippen molar-refractivity contribution in [2.45, 2.75) is 19.3 Å². The molecule has 0 spiro atoms. The highest BCUT2D eigenvalue weighted by Gasteiger charge is 2.24. The van der Waals surface area contributed by atoms with E-state index in [0.29, 0.717) is 0 Å². The molecule has 0 saturated heterocycles. The van der Waals surface area contributed by atoms with Crippen molar-refractivity contribution in [3.63, 3.8) is 0 Å². The fraction of sp³-hybridized carbons (Fsp3) is 0.455. The molecule has 2 nitrogen and oxygen atoms in total. The van der Waals surface area contributed by atoms with Gasteiger partial charge in [-0.05, 0) is 36.8 Å². The highest BCUT2D eigenvalue weighted by atomic mass is 15.1. The second kappa shape index (κ2) is 2.66. The van der Waals surface area contributed by atoms with Crippen molar-refractivity contribution in [3.05, 3.63) is 23.8 Å². The Morgan fingerprint density at radius 2 is 2.15 bits per heavy atom. The molecular weight excluding hydrogens is 160 g/mol. The Labute approximate surface area is 78.3 Å². The van der Waals surface area contributed by atoms with E-state index in [0.717, 1.165) is 12.6 Å². The van der Waals surface area contributed by atoms with E-state index in [-0.39, 0.29) is 0 Å². The minimum Gasteiger partial charge on any atom is -0.366 e.